The lowest BCUT2D eigenvalue weighted by atomic mass is 9.87. The van der Waals surface area contributed by atoms with Gasteiger partial charge in [0, 0.05) is 19.2 Å². The number of nitrogens with one attached hydrogen (secondary N) is 1. The standard InChI is InChI=1S/C13H27NO/c1-5-10(3)7-11(6-2)14-12-8-13(9-12)15-4/h10-14H,5-9H2,1-4H3. The first-order chi connectivity index (χ1) is 7.19. The molecule has 0 amide bonds. The van der Waals surface area contributed by atoms with Gasteiger partial charge in [0.1, 0.15) is 0 Å². The van der Waals surface area contributed by atoms with Gasteiger partial charge in [-0.05, 0) is 31.6 Å². The Morgan fingerprint density at radius 2 is 1.93 bits per heavy atom. The summed E-state index contributed by atoms with van der Waals surface area (Å²) in [5.41, 5.74) is 0. The maximum atomic E-state index is 5.29. The molecule has 0 aliphatic heterocycles. The minimum absolute atomic E-state index is 0.517. The van der Waals surface area contributed by atoms with E-state index in [9.17, 15) is 0 Å². The fourth-order valence-corrected chi connectivity index (χ4v) is 2.23. The van der Waals surface area contributed by atoms with Gasteiger partial charge in [-0.2, -0.15) is 0 Å². The zero-order valence-electron chi connectivity index (χ0n) is 10.8. The molecule has 2 unspecified atom stereocenters. The molecular weight excluding hydrogens is 186 g/mol. The van der Waals surface area contributed by atoms with E-state index < -0.39 is 0 Å². The van der Waals surface area contributed by atoms with Gasteiger partial charge in [-0.3, -0.25) is 0 Å². The Kier molecular flexibility index (Phi) is 5.62. The Morgan fingerprint density at radius 1 is 1.27 bits per heavy atom. The van der Waals surface area contributed by atoms with Crippen molar-refractivity contribution in [3.63, 3.8) is 0 Å². The molecule has 1 aliphatic rings. The highest BCUT2D eigenvalue weighted by Gasteiger charge is 2.30. The van der Waals surface area contributed by atoms with Gasteiger partial charge in [-0.1, -0.05) is 27.2 Å². The van der Waals surface area contributed by atoms with E-state index in [1.807, 2.05) is 7.11 Å². The van der Waals surface area contributed by atoms with Crippen LogP contribution >= 0.6 is 0 Å². The molecule has 2 nitrogen and oxygen atoms in total. The van der Waals surface area contributed by atoms with E-state index in [-0.39, 0.29) is 0 Å². The van der Waals surface area contributed by atoms with Gasteiger partial charge in [0.15, 0.2) is 0 Å². The van der Waals surface area contributed by atoms with E-state index in [4.69, 9.17) is 4.74 Å². The fraction of sp³-hybridized carbons (Fsp3) is 1.00. The van der Waals surface area contributed by atoms with Gasteiger partial charge >= 0.3 is 0 Å². The maximum absolute atomic E-state index is 5.29. The predicted molar refractivity (Wildman–Crippen MR) is 65.1 cm³/mol. The van der Waals surface area contributed by atoms with E-state index in [2.05, 4.69) is 26.1 Å². The zero-order chi connectivity index (χ0) is 11.3. The maximum Gasteiger partial charge on any atom is 0.0601 e. The summed E-state index contributed by atoms with van der Waals surface area (Å²) in [6.45, 7) is 6.91. The lowest BCUT2D eigenvalue weighted by Gasteiger charge is -2.37. The topological polar surface area (TPSA) is 21.3 Å². The summed E-state index contributed by atoms with van der Waals surface area (Å²) in [6, 6.07) is 1.42. The normalized spacial score (nSPS) is 29.6. The average molecular weight is 213 g/mol. The molecule has 0 bridgehead atoms. The van der Waals surface area contributed by atoms with Crippen LogP contribution in [0.3, 0.4) is 0 Å². The van der Waals surface area contributed by atoms with E-state index in [1.54, 1.807) is 0 Å². The Hall–Kier alpha value is -0.0800. The van der Waals surface area contributed by atoms with E-state index >= 15 is 0 Å². The Bertz CT molecular complexity index is 166. The van der Waals surface area contributed by atoms with Crippen LogP contribution in [-0.2, 0) is 4.74 Å². The number of hydrogen-bond acceptors (Lipinski definition) is 2. The number of methoxy groups -OCH3 is 1. The highest BCUT2D eigenvalue weighted by molar-refractivity contribution is 4.88. The first kappa shape index (κ1) is 13.0. The molecule has 0 saturated heterocycles. The van der Waals surface area contributed by atoms with Crippen LogP contribution in [0, 0.1) is 5.92 Å². The molecular formula is C13H27NO. The first-order valence-electron chi connectivity index (χ1n) is 6.48. The van der Waals surface area contributed by atoms with Crippen LogP contribution in [0.1, 0.15) is 52.9 Å². The van der Waals surface area contributed by atoms with Crippen LogP contribution in [0.25, 0.3) is 0 Å². The van der Waals surface area contributed by atoms with Gasteiger partial charge in [0.2, 0.25) is 0 Å². The molecule has 90 valence electrons. The Balaban J connectivity index is 2.17. The summed E-state index contributed by atoms with van der Waals surface area (Å²) in [5.74, 6) is 0.848. The monoisotopic (exact) mass is 213 g/mol. The van der Waals surface area contributed by atoms with Crippen LogP contribution in [-0.4, -0.2) is 25.3 Å². The summed E-state index contributed by atoms with van der Waals surface area (Å²) in [7, 11) is 1.82. The van der Waals surface area contributed by atoms with Gasteiger partial charge < -0.3 is 10.1 Å². The van der Waals surface area contributed by atoms with Crippen LogP contribution in [0.15, 0.2) is 0 Å². The molecule has 1 saturated carbocycles. The molecule has 1 N–H and O–H groups in total. The van der Waals surface area contributed by atoms with Crippen molar-refractivity contribution in [1.82, 2.24) is 5.32 Å². The van der Waals surface area contributed by atoms with Gasteiger partial charge in [-0.15, -0.1) is 0 Å². The summed E-state index contributed by atoms with van der Waals surface area (Å²) < 4.78 is 5.29. The van der Waals surface area contributed by atoms with Gasteiger partial charge in [0.25, 0.3) is 0 Å². The highest BCUT2D eigenvalue weighted by Crippen LogP contribution is 2.24. The molecule has 2 heteroatoms. The molecule has 0 aromatic carbocycles. The summed E-state index contributed by atoms with van der Waals surface area (Å²) in [5, 5.41) is 3.75. The van der Waals surface area contributed by atoms with Crippen LogP contribution in [0.2, 0.25) is 0 Å². The van der Waals surface area contributed by atoms with Crippen molar-refractivity contribution in [2.75, 3.05) is 7.11 Å². The van der Waals surface area contributed by atoms with Crippen molar-refractivity contribution in [2.45, 2.75) is 71.1 Å². The number of rotatable bonds is 7. The lowest BCUT2D eigenvalue weighted by Crippen LogP contribution is -2.49. The molecule has 1 aliphatic carbocycles. The molecule has 1 fully saturated rings. The van der Waals surface area contributed by atoms with Crippen molar-refractivity contribution in [3.8, 4) is 0 Å². The SMILES string of the molecule is CCC(C)CC(CC)NC1CC(OC)C1. The Morgan fingerprint density at radius 3 is 2.40 bits per heavy atom. The number of ether oxygens (including phenoxy) is 1. The molecule has 0 heterocycles. The fourth-order valence-electron chi connectivity index (χ4n) is 2.23. The van der Waals surface area contributed by atoms with E-state index in [0.29, 0.717) is 18.2 Å². The summed E-state index contributed by atoms with van der Waals surface area (Å²) >= 11 is 0. The van der Waals surface area contributed by atoms with E-state index in [0.717, 1.165) is 5.92 Å². The van der Waals surface area contributed by atoms with Crippen molar-refractivity contribution in [3.05, 3.63) is 0 Å². The van der Waals surface area contributed by atoms with Crippen molar-refractivity contribution >= 4 is 0 Å². The third-order valence-corrected chi connectivity index (χ3v) is 3.78. The van der Waals surface area contributed by atoms with Crippen molar-refractivity contribution in [1.29, 1.82) is 0 Å². The summed E-state index contributed by atoms with van der Waals surface area (Å²) in [4.78, 5) is 0. The quantitative estimate of drug-likeness (QED) is 0.702. The first-order valence-corrected chi connectivity index (χ1v) is 6.48. The third-order valence-electron chi connectivity index (χ3n) is 3.78. The minimum atomic E-state index is 0.517. The second-order valence-electron chi connectivity index (χ2n) is 5.05. The van der Waals surface area contributed by atoms with Crippen molar-refractivity contribution < 1.29 is 4.74 Å². The van der Waals surface area contributed by atoms with Gasteiger partial charge in [0.05, 0.1) is 6.10 Å². The average Bonchev–Trinajstić information content (AvgIpc) is 2.20. The Labute approximate surface area is 94.8 Å². The molecule has 15 heavy (non-hydrogen) atoms. The second-order valence-corrected chi connectivity index (χ2v) is 5.05. The molecule has 1 rings (SSSR count). The van der Waals surface area contributed by atoms with Crippen LogP contribution < -0.4 is 5.32 Å². The minimum Gasteiger partial charge on any atom is -0.381 e. The van der Waals surface area contributed by atoms with Crippen LogP contribution in [0.5, 0.6) is 0 Å². The molecule has 2 atom stereocenters. The highest BCUT2D eigenvalue weighted by atomic mass is 16.5. The van der Waals surface area contributed by atoms with E-state index in [1.165, 1.54) is 32.1 Å². The van der Waals surface area contributed by atoms with Crippen LogP contribution in [0.4, 0.5) is 0 Å². The number of hydrogen-bond donors (Lipinski definition) is 1. The second kappa shape index (κ2) is 6.49. The molecule has 0 aromatic heterocycles. The lowest BCUT2D eigenvalue weighted by molar-refractivity contribution is 0.0132. The molecule has 0 radical (unpaired) electrons. The zero-order valence-corrected chi connectivity index (χ0v) is 10.8. The predicted octanol–water partition coefficient (Wildman–Crippen LogP) is 2.97. The smallest absolute Gasteiger partial charge is 0.0601 e. The molecule has 0 spiro atoms. The van der Waals surface area contributed by atoms with Gasteiger partial charge in [-0.25, -0.2) is 0 Å². The summed E-state index contributed by atoms with van der Waals surface area (Å²) in [6.07, 6.45) is 6.79. The van der Waals surface area contributed by atoms with Crippen molar-refractivity contribution in [2.24, 2.45) is 5.92 Å². The largest absolute Gasteiger partial charge is 0.381 e. The third kappa shape index (κ3) is 4.12. The molecule has 0 aromatic rings.